The van der Waals surface area contributed by atoms with Crippen molar-refractivity contribution in [3.05, 3.63) is 69.3 Å². The molecule has 0 aliphatic heterocycles. The van der Waals surface area contributed by atoms with E-state index in [1.807, 2.05) is 6.92 Å². The zero-order valence-electron chi connectivity index (χ0n) is 11.8. The van der Waals surface area contributed by atoms with Crippen molar-refractivity contribution in [1.29, 1.82) is 0 Å². The van der Waals surface area contributed by atoms with Crippen molar-refractivity contribution in [3.8, 4) is 0 Å². The topological polar surface area (TPSA) is 83.8 Å². The Bertz CT molecular complexity index is 731. The van der Waals surface area contributed by atoms with E-state index < -0.39 is 5.91 Å². The fourth-order valence-corrected chi connectivity index (χ4v) is 1.97. The number of aryl methyl sites for hydroxylation is 1. The lowest BCUT2D eigenvalue weighted by molar-refractivity contribution is 0.0954. The Labute approximate surface area is 132 Å². The number of nitroso groups, excluding NO2 is 1. The van der Waals surface area contributed by atoms with Crippen LogP contribution in [-0.4, -0.2) is 23.1 Å². The normalized spacial score (nSPS) is 11.1. The maximum atomic E-state index is 12.0. The van der Waals surface area contributed by atoms with Gasteiger partial charge in [-0.1, -0.05) is 28.9 Å². The van der Waals surface area contributed by atoms with Crippen molar-refractivity contribution in [1.82, 2.24) is 10.4 Å². The minimum atomic E-state index is -0.415. The number of halogens is 1. The van der Waals surface area contributed by atoms with Crippen LogP contribution in [-0.2, 0) is 0 Å². The Morgan fingerprint density at radius 2 is 2.09 bits per heavy atom. The highest BCUT2D eigenvalue weighted by molar-refractivity contribution is 6.31. The second-order valence-corrected chi connectivity index (χ2v) is 4.98. The molecule has 1 aromatic carbocycles. The molecule has 0 fully saturated rings. The number of hydrogen-bond acceptors (Lipinski definition) is 5. The molecule has 1 N–H and O–H groups in total. The van der Waals surface area contributed by atoms with Gasteiger partial charge in [0.2, 0.25) is 0 Å². The van der Waals surface area contributed by atoms with Crippen molar-refractivity contribution < 1.29 is 4.79 Å². The minimum absolute atomic E-state index is 0.174. The Balaban J connectivity index is 2.20. The number of hydrazone groups is 1. The van der Waals surface area contributed by atoms with Crippen molar-refractivity contribution in [2.24, 2.45) is 10.3 Å². The van der Waals surface area contributed by atoms with E-state index in [2.05, 4.69) is 20.7 Å². The Morgan fingerprint density at radius 3 is 2.77 bits per heavy atom. The van der Waals surface area contributed by atoms with Crippen LogP contribution in [0, 0.1) is 11.8 Å². The van der Waals surface area contributed by atoms with Gasteiger partial charge in [-0.25, -0.2) is 5.43 Å². The highest BCUT2D eigenvalue weighted by Crippen LogP contribution is 2.12. The molecule has 0 saturated carbocycles. The summed E-state index contributed by atoms with van der Waals surface area (Å²) in [6.45, 7) is 1.66. The van der Waals surface area contributed by atoms with Gasteiger partial charge in [0.25, 0.3) is 5.91 Å². The molecule has 22 heavy (non-hydrogen) atoms. The van der Waals surface area contributed by atoms with Gasteiger partial charge in [0, 0.05) is 23.0 Å². The summed E-state index contributed by atoms with van der Waals surface area (Å²) in [4.78, 5) is 26.5. The average molecular weight is 317 g/mol. The second kappa shape index (κ2) is 7.42. The number of carbonyl (C=O) groups excluding carboxylic acids is 1. The molecule has 0 saturated heterocycles. The Hall–Kier alpha value is -2.60. The molecule has 0 aliphatic rings. The highest BCUT2D eigenvalue weighted by atomic mass is 35.5. The van der Waals surface area contributed by atoms with Crippen molar-refractivity contribution in [2.45, 2.75) is 6.92 Å². The number of benzene rings is 1. The third-order valence-corrected chi connectivity index (χ3v) is 3.04. The van der Waals surface area contributed by atoms with Gasteiger partial charge in [0.05, 0.1) is 11.3 Å². The smallest absolute Gasteiger partial charge is 0.267 e. The third kappa shape index (κ3) is 4.20. The fraction of sp³-hybridized carbons (Fsp3) is 0.133. The van der Waals surface area contributed by atoms with Crippen LogP contribution in [0.4, 0.5) is 0 Å². The van der Waals surface area contributed by atoms with E-state index in [4.69, 9.17) is 11.6 Å². The Kier molecular flexibility index (Phi) is 5.32. The van der Waals surface area contributed by atoms with E-state index >= 15 is 0 Å². The molecule has 0 atom stereocenters. The van der Waals surface area contributed by atoms with Crippen molar-refractivity contribution in [2.75, 3.05) is 6.54 Å². The van der Waals surface area contributed by atoms with Gasteiger partial charge in [-0.3, -0.25) is 9.78 Å². The van der Waals surface area contributed by atoms with Crippen molar-refractivity contribution >= 4 is 23.2 Å². The van der Waals surface area contributed by atoms with E-state index in [1.165, 1.54) is 6.20 Å². The van der Waals surface area contributed by atoms with Crippen LogP contribution in [0.5, 0.6) is 0 Å². The van der Waals surface area contributed by atoms with Crippen LogP contribution in [0.2, 0.25) is 5.02 Å². The van der Waals surface area contributed by atoms with Crippen molar-refractivity contribution in [3.63, 3.8) is 0 Å². The molecule has 7 heteroatoms. The molecule has 0 radical (unpaired) electrons. The quantitative estimate of drug-likeness (QED) is 0.523. The molecular weight excluding hydrogens is 304 g/mol. The molecule has 0 bridgehead atoms. The summed E-state index contributed by atoms with van der Waals surface area (Å²) in [6.07, 6.45) is 3.09. The largest absolute Gasteiger partial charge is 0.272 e. The number of aromatic nitrogens is 1. The summed E-state index contributed by atoms with van der Waals surface area (Å²) in [7, 11) is 0. The van der Waals surface area contributed by atoms with Crippen LogP contribution in [0.1, 0.15) is 21.5 Å². The summed E-state index contributed by atoms with van der Waals surface area (Å²) in [5.74, 6) is -0.415. The monoisotopic (exact) mass is 316 g/mol. The van der Waals surface area contributed by atoms with E-state index in [0.29, 0.717) is 21.9 Å². The molecule has 1 heterocycles. The molecule has 0 spiro atoms. The van der Waals surface area contributed by atoms with Gasteiger partial charge in [0.15, 0.2) is 0 Å². The van der Waals surface area contributed by atoms with Crippen LogP contribution in [0.25, 0.3) is 0 Å². The van der Waals surface area contributed by atoms with E-state index in [9.17, 15) is 9.70 Å². The number of nitrogens with one attached hydrogen (secondary N) is 1. The number of rotatable bonds is 5. The van der Waals surface area contributed by atoms with Gasteiger partial charge < -0.3 is 0 Å². The van der Waals surface area contributed by atoms with Crippen LogP contribution in [0.15, 0.2) is 53.0 Å². The SMILES string of the molecule is Cc1cncc(C(=O)NN=C(CN=O)c2cccc(Cl)c2)c1. The minimum Gasteiger partial charge on any atom is -0.267 e. The standard InChI is InChI=1S/C15H13ClN4O2/c1-10-5-12(8-17-7-10)15(21)20-19-14(9-18-22)11-3-2-4-13(16)6-11/h2-8H,9H2,1H3,(H,20,21). The summed E-state index contributed by atoms with van der Waals surface area (Å²) in [5.41, 5.74) is 4.59. The maximum Gasteiger partial charge on any atom is 0.272 e. The van der Waals surface area contributed by atoms with Crippen LogP contribution < -0.4 is 5.43 Å². The zero-order chi connectivity index (χ0) is 15.9. The summed E-state index contributed by atoms with van der Waals surface area (Å²) in [5, 5.41) is 7.29. The molecule has 1 amide bonds. The summed E-state index contributed by atoms with van der Waals surface area (Å²) in [6, 6.07) is 8.50. The van der Waals surface area contributed by atoms with Gasteiger partial charge in [-0.15, -0.1) is 0 Å². The molecule has 2 rings (SSSR count). The molecule has 112 valence electrons. The van der Waals surface area contributed by atoms with Gasteiger partial charge >= 0.3 is 0 Å². The predicted molar refractivity (Wildman–Crippen MR) is 85.1 cm³/mol. The molecular formula is C15H13ClN4O2. The number of nitrogens with zero attached hydrogens (tertiary/aromatic N) is 3. The molecule has 6 nitrogen and oxygen atoms in total. The zero-order valence-corrected chi connectivity index (χ0v) is 12.5. The number of hydrogen-bond donors (Lipinski definition) is 1. The maximum absolute atomic E-state index is 12.0. The Morgan fingerprint density at radius 1 is 1.27 bits per heavy atom. The highest BCUT2D eigenvalue weighted by Gasteiger charge is 2.08. The third-order valence-electron chi connectivity index (χ3n) is 2.80. The first-order valence-electron chi connectivity index (χ1n) is 6.44. The summed E-state index contributed by atoms with van der Waals surface area (Å²) >= 11 is 5.91. The average Bonchev–Trinajstić information content (AvgIpc) is 2.51. The lowest BCUT2D eigenvalue weighted by atomic mass is 10.1. The van der Waals surface area contributed by atoms with Gasteiger partial charge in [-0.2, -0.15) is 10.0 Å². The molecule has 1 aromatic heterocycles. The lowest BCUT2D eigenvalue weighted by Gasteiger charge is -2.05. The molecule has 0 unspecified atom stereocenters. The first-order valence-corrected chi connectivity index (χ1v) is 6.81. The van der Waals surface area contributed by atoms with Gasteiger partial charge in [0.1, 0.15) is 6.54 Å². The second-order valence-electron chi connectivity index (χ2n) is 4.55. The molecule has 0 aliphatic carbocycles. The first-order chi connectivity index (χ1) is 10.6. The lowest BCUT2D eigenvalue weighted by Crippen LogP contribution is -2.21. The number of carbonyl (C=O) groups is 1. The first kappa shape index (κ1) is 15.8. The van der Waals surface area contributed by atoms with Crippen LogP contribution >= 0.6 is 11.6 Å². The van der Waals surface area contributed by atoms with Crippen LogP contribution in [0.3, 0.4) is 0 Å². The van der Waals surface area contributed by atoms with Gasteiger partial charge in [-0.05, 0) is 30.7 Å². The predicted octanol–water partition coefficient (Wildman–Crippen LogP) is 2.94. The summed E-state index contributed by atoms with van der Waals surface area (Å²) < 4.78 is 0. The van der Waals surface area contributed by atoms with E-state index in [0.717, 1.165) is 5.56 Å². The number of amides is 1. The molecule has 2 aromatic rings. The van der Waals surface area contributed by atoms with E-state index in [1.54, 1.807) is 36.5 Å². The fourth-order valence-electron chi connectivity index (χ4n) is 1.78. The number of pyridine rings is 1. The van der Waals surface area contributed by atoms with E-state index in [-0.39, 0.29) is 6.54 Å².